The monoisotopic (exact) mass is 468 g/mol. The van der Waals surface area contributed by atoms with Crippen LogP contribution in [-0.2, 0) is 34.3 Å². The van der Waals surface area contributed by atoms with Crippen LogP contribution in [-0.4, -0.2) is 63.5 Å². The van der Waals surface area contributed by atoms with Crippen LogP contribution >= 0.6 is 0 Å². The summed E-state index contributed by atoms with van der Waals surface area (Å²) in [6.07, 6.45) is 6.04. The van der Waals surface area contributed by atoms with Gasteiger partial charge in [-0.1, -0.05) is 67.3 Å². The Morgan fingerprint density at radius 2 is 1.35 bits per heavy atom. The van der Waals surface area contributed by atoms with E-state index in [2.05, 4.69) is 49.4 Å². The minimum absolute atomic E-state index is 0.103. The molecule has 6 nitrogen and oxygen atoms in total. The minimum Gasteiger partial charge on any atom is -0.414 e. The van der Waals surface area contributed by atoms with Crippen molar-refractivity contribution in [1.29, 1.82) is 0 Å². The van der Waals surface area contributed by atoms with Crippen molar-refractivity contribution in [3.63, 3.8) is 0 Å². The Kier molecular flexibility index (Phi) is 13.6. The molecule has 184 valence electrons. The van der Waals surface area contributed by atoms with Crippen LogP contribution < -0.4 is 10.9 Å². The van der Waals surface area contributed by atoms with Crippen LogP contribution in [0.1, 0.15) is 42.4 Å². The van der Waals surface area contributed by atoms with Crippen molar-refractivity contribution in [3.8, 4) is 0 Å². The maximum absolute atomic E-state index is 6.04. The fraction of sp³-hybridized carbons (Fsp3) is 0.520. The second kappa shape index (κ2) is 16.1. The van der Waals surface area contributed by atoms with Crippen molar-refractivity contribution < 1.29 is 27.9 Å². The Morgan fingerprint density at radius 1 is 0.676 bits per heavy atom. The Balaban J connectivity index is 1.89. The molecule has 0 bridgehead atoms. The Bertz CT molecular complexity index is 830. The maximum atomic E-state index is 6.04. The molecule has 0 amide bonds. The molecule has 0 unspecified atom stereocenters. The Labute approximate surface area is 207 Å². The van der Waals surface area contributed by atoms with Crippen LogP contribution in [0, 0.1) is 6.92 Å². The van der Waals surface area contributed by atoms with Crippen LogP contribution in [0.25, 0.3) is 0 Å². The van der Waals surface area contributed by atoms with Crippen molar-refractivity contribution in [2.45, 2.75) is 45.3 Å². The van der Waals surface area contributed by atoms with E-state index in [9.17, 15) is 0 Å². The smallest absolute Gasteiger partial charge is 0.414 e. The zero-order valence-corrected chi connectivity index (χ0v) is 21.7. The van der Waals surface area contributed by atoms with E-state index in [-0.39, 0.29) is 21.4 Å². The lowest BCUT2D eigenvalue weighted by Crippen LogP contribution is -2.37. The molecule has 0 aliphatic heterocycles. The average molecular weight is 468 g/mol. The van der Waals surface area contributed by atoms with E-state index in [1.165, 1.54) is 11.1 Å². The van der Waals surface area contributed by atoms with Crippen molar-refractivity contribution >= 4 is 32.3 Å². The lowest BCUT2D eigenvalue weighted by atomic mass is 9.74. The summed E-state index contributed by atoms with van der Waals surface area (Å²) >= 11 is 0. The van der Waals surface area contributed by atoms with E-state index in [1.54, 1.807) is 35.5 Å². The molecule has 34 heavy (non-hydrogen) atoms. The van der Waals surface area contributed by atoms with Gasteiger partial charge in [-0.15, -0.1) is 0 Å². The first-order chi connectivity index (χ1) is 16.6. The molecule has 0 aromatic heterocycles. The fourth-order valence-corrected chi connectivity index (χ4v) is 4.08. The van der Waals surface area contributed by atoms with Gasteiger partial charge >= 0.3 is 21.4 Å². The first-order valence-corrected chi connectivity index (χ1v) is 12.0. The summed E-state index contributed by atoms with van der Waals surface area (Å²) in [4.78, 5) is 0. The number of rotatable bonds is 17. The first kappa shape index (κ1) is 28.6. The number of hydrogen-bond donors (Lipinski definition) is 0. The zero-order chi connectivity index (χ0) is 24.8. The standard InChI is InChI=1S/C25H39B3O6/c1-21-14-15-23(20-25(21)28(32-5)33-6)18-22-12-11-13-24(19-22)27(31-4)34-17-10-8-7-9-16-26(29-2)30-3/h11-15,19-20H,7-10,16-18H2,1-6H3. The predicted octanol–water partition coefficient (Wildman–Crippen LogP) is 3.27. The maximum Gasteiger partial charge on any atom is 0.493 e. The van der Waals surface area contributed by atoms with E-state index in [4.69, 9.17) is 27.9 Å². The van der Waals surface area contributed by atoms with E-state index in [0.29, 0.717) is 6.61 Å². The van der Waals surface area contributed by atoms with E-state index in [1.807, 2.05) is 0 Å². The van der Waals surface area contributed by atoms with E-state index >= 15 is 0 Å². The Hall–Kier alpha value is -1.61. The van der Waals surface area contributed by atoms with Crippen molar-refractivity contribution in [2.75, 3.05) is 42.2 Å². The lowest BCUT2D eigenvalue weighted by molar-refractivity contribution is 0.234. The highest BCUT2D eigenvalue weighted by Crippen LogP contribution is 2.11. The fourth-order valence-electron chi connectivity index (χ4n) is 4.08. The third kappa shape index (κ3) is 9.21. The topological polar surface area (TPSA) is 55.4 Å². The second-order valence-corrected chi connectivity index (χ2v) is 8.46. The molecule has 0 fully saturated rings. The quantitative estimate of drug-likeness (QED) is 0.263. The zero-order valence-electron chi connectivity index (χ0n) is 21.7. The van der Waals surface area contributed by atoms with Gasteiger partial charge in [-0.3, -0.25) is 0 Å². The molecular weight excluding hydrogens is 429 g/mol. The molecule has 0 spiro atoms. The molecule has 0 aliphatic carbocycles. The highest BCUT2D eigenvalue weighted by Gasteiger charge is 2.22. The van der Waals surface area contributed by atoms with Gasteiger partial charge in [0.25, 0.3) is 0 Å². The van der Waals surface area contributed by atoms with Gasteiger partial charge in [0.1, 0.15) is 0 Å². The molecule has 0 atom stereocenters. The molecule has 0 aliphatic rings. The summed E-state index contributed by atoms with van der Waals surface area (Å²) in [5.41, 5.74) is 5.64. The molecule has 9 heteroatoms. The van der Waals surface area contributed by atoms with E-state index in [0.717, 1.165) is 54.9 Å². The molecule has 2 aromatic rings. The molecule has 0 saturated heterocycles. The summed E-state index contributed by atoms with van der Waals surface area (Å²) < 4.78 is 33.1. The van der Waals surface area contributed by atoms with Crippen LogP contribution in [0.15, 0.2) is 42.5 Å². The summed E-state index contributed by atoms with van der Waals surface area (Å²) in [5, 5.41) is 0. The molecule has 2 rings (SSSR count). The number of aryl methyl sites for hydroxylation is 1. The highest BCUT2D eigenvalue weighted by atomic mass is 16.6. The molecule has 0 saturated carbocycles. The van der Waals surface area contributed by atoms with Gasteiger partial charge < -0.3 is 27.9 Å². The summed E-state index contributed by atoms with van der Waals surface area (Å²) in [6, 6.07) is 14.8. The van der Waals surface area contributed by atoms with Gasteiger partial charge in [0.2, 0.25) is 0 Å². The van der Waals surface area contributed by atoms with Crippen molar-refractivity contribution in [3.05, 3.63) is 59.2 Å². The molecule has 0 N–H and O–H groups in total. The van der Waals surface area contributed by atoms with Gasteiger partial charge in [-0.05, 0) is 48.1 Å². The van der Waals surface area contributed by atoms with Gasteiger partial charge in [0.15, 0.2) is 0 Å². The highest BCUT2D eigenvalue weighted by molar-refractivity contribution is 6.62. The average Bonchev–Trinajstić information content (AvgIpc) is 2.86. The molecule has 2 aromatic carbocycles. The van der Waals surface area contributed by atoms with Gasteiger partial charge in [-0.25, -0.2) is 0 Å². The van der Waals surface area contributed by atoms with Crippen LogP contribution in [0.5, 0.6) is 0 Å². The summed E-state index contributed by atoms with van der Waals surface area (Å²) in [7, 11) is 7.53. The number of unbranched alkanes of at least 4 members (excludes halogenated alkanes) is 3. The van der Waals surface area contributed by atoms with Crippen LogP contribution in [0.4, 0.5) is 0 Å². The van der Waals surface area contributed by atoms with Gasteiger partial charge in [-0.2, -0.15) is 0 Å². The third-order valence-electron chi connectivity index (χ3n) is 6.00. The second-order valence-electron chi connectivity index (χ2n) is 8.46. The predicted molar refractivity (Wildman–Crippen MR) is 141 cm³/mol. The van der Waals surface area contributed by atoms with Crippen LogP contribution in [0.3, 0.4) is 0 Å². The van der Waals surface area contributed by atoms with Crippen LogP contribution in [0.2, 0.25) is 6.32 Å². The van der Waals surface area contributed by atoms with Gasteiger partial charge in [0, 0.05) is 42.2 Å². The molecule has 0 heterocycles. The SMILES string of the molecule is COB(CCCCCCOB(OC)c1cccc(Cc2ccc(C)c(B(OC)OC)c2)c1)OC. The third-order valence-corrected chi connectivity index (χ3v) is 6.00. The van der Waals surface area contributed by atoms with Crippen molar-refractivity contribution in [2.24, 2.45) is 0 Å². The van der Waals surface area contributed by atoms with E-state index < -0.39 is 0 Å². The summed E-state index contributed by atoms with van der Waals surface area (Å²) in [5.74, 6) is 0. The number of benzene rings is 2. The lowest BCUT2D eigenvalue weighted by Gasteiger charge is -2.15. The first-order valence-electron chi connectivity index (χ1n) is 12.0. The number of hydrogen-bond acceptors (Lipinski definition) is 6. The molecule has 0 radical (unpaired) electrons. The Morgan fingerprint density at radius 3 is 2.03 bits per heavy atom. The normalized spacial score (nSPS) is 11.0. The largest absolute Gasteiger partial charge is 0.493 e. The summed E-state index contributed by atoms with van der Waals surface area (Å²) in [6.45, 7) is 2.73. The van der Waals surface area contributed by atoms with Crippen molar-refractivity contribution in [1.82, 2.24) is 0 Å². The molecular formula is C25H39B3O6. The van der Waals surface area contributed by atoms with Gasteiger partial charge in [0.05, 0.1) is 0 Å². The minimum atomic E-state index is -0.369.